The first kappa shape index (κ1) is 18.7. The molecule has 1 aromatic carbocycles. The molecule has 28 heavy (non-hydrogen) atoms. The average Bonchev–Trinajstić information content (AvgIpc) is 2.72. The van der Waals surface area contributed by atoms with Crippen LogP contribution in [-0.2, 0) is 11.0 Å². The zero-order chi connectivity index (χ0) is 19.7. The average molecular weight is 396 g/mol. The van der Waals surface area contributed by atoms with Gasteiger partial charge in [-0.2, -0.15) is 0 Å². The summed E-state index contributed by atoms with van der Waals surface area (Å²) < 4.78 is 11.7. The van der Waals surface area contributed by atoms with Gasteiger partial charge in [0.1, 0.15) is 11.0 Å². The Bertz CT molecular complexity index is 1010. The Morgan fingerprint density at radius 1 is 1.18 bits per heavy atom. The molecule has 2 aromatic rings. The SMILES string of the molecule is NS(=O)c1cccc2c1C(=O)C=C(Nc1cncc(C3CCNCC3)c1)C2=O. The lowest BCUT2D eigenvalue weighted by atomic mass is 9.91. The topological polar surface area (TPSA) is 114 Å². The molecule has 8 heteroatoms. The van der Waals surface area contributed by atoms with Crippen molar-refractivity contribution in [1.82, 2.24) is 10.3 Å². The quantitative estimate of drug-likeness (QED) is 0.727. The second kappa shape index (κ2) is 7.75. The van der Waals surface area contributed by atoms with Gasteiger partial charge in [0, 0.05) is 17.8 Å². The summed E-state index contributed by atoms with van der Waals surface area (Å²) in [5.74, 6) is -0.306. The molecule has 0 amide bonds. The first-order valence-corrected chi connectivity index (χ1v) is 10.3. The van der Waals surface area contributed by atoms with Gasteiger partial charge in [0.25, 0.3) is 0 Å². The van der Waals surface area contributed by atoms with Gasteiger partial charge in [-0.15, -0.1) is 0 Å². The molecular formula is C20H20N4O3S. The Balaban J connectivity index is 1.62. The minimum Gasteiger partial charge on any atom is -0.351 e. The number of carbonyl (C=O) groups is 2. The number of nitrogens with one attached hydrogen (secondary N) is 2. The molecule has 1 aliphatic heterocycles. The Morgan fingerprint density at radius 3 is 2.71 bits per heavy atom. The molecule has 1 fully saturated rings. The number of hydrogen-bond acceptors (Lipinski definition) is 6. The van der Waals surface area contributed by atoms with Crippen LogP contribution in [0.25, 0.3) is 0 Å². The van der Waals surface area contributed by atoms with Crippen molar-refractivity contribution < 1.29 is 13.8 Å². The highest BCUT2D eigenvalue weighted by molar-refractivity contribution is 7.82. The molecule has 0 bridgehead atoms. The van der Waals surface area contributed by atoms with Crippen molar-refractivity contribution in [3.8, 4) is 0 Å². The Morgan fingerprint density at radius 2 is 1.96 bits per heavy atom. The molecule has 0 saturated carbocycles. The molecule has 0 spiro atoms. The third-order valence-electron chi connectivity index (χ3n) is 5.10. The summed E-state index contributed by atoms with van der Waals surface area (Å²) in [4.78, 5) is 29.9. The number of carbonyl (C=O) groups excluding carboxylic acids is 2. The van der Waals surface area contributed by atoms with Gasteiger partial charge in [-0.05, 0) is 49.5 Å². The molecule has 0 radical (unpaired) electrons. The lowest BCUT2D eigenvalue weighted by Gasteiger charge is -2.23. The van der Waals surface area contributed by atoms with Crippen LogP contribution in [0.3, 0.4) is 0 Å². The van der Waals surface area contributed by atoms with E-state index in [0.29, 0.717) is 11.6 Å². The number of anilines is 1. The first-order valence-electron chi connectivity index (χ1n) is 9.07. The molecule has 4 N–H and O–H groups in total. The fraction of sp³-hybridized carbons (Fsp3) is 0.250. The predicted molar refractivity (Wildman–Crippen MR) is 106 cm³/mol. The fourth-order valence-corrected chi connectivity index (χ4v) is 4.33. The van der Waals surface area contributed by atoms with E-state index >= 15 is 0 Å². The smallest absolute Gasteiger partial charge is 0.210 e. The van der Waals surface area contributed by atoms with Gasteiger partial charge < -0.3 is 10.6 Å². The van der Waals surface area contributed by atoms with E-state index < -0.39 is 16.8 Å². The maximum Gasteiger partial charge on any atom is 0.210 e. The highest BCUT2D eigenvalue weighted by atomic mass is 32.2. The van der Waals surface area contributed by atoms with E-state index in [2.05, 4.69) is 15.6 Å². The van der Waals surface area contributed by atoms with Crippen LogP contribution >= 0.6 is 0 Å². The van der Waals surface area contributed by atoms with E-state index in [-0.39, 0.29) is 27.5 Å². The monoisotopic (exact) mass is 396 g/mol. The first-order chi connectivity index (χ1) is 13.5. The number of Topliss-reactive ketones (excluding diaryl/α,β-unsaturated/α-hetero) is 1. The standard InChI is InChI=1S/C20H20N4O3S/c21-28(27)18-3-1-2-15-19(18)17(25)9-16(20(15)26)24-14-8-13(10-23-11-14)12-4-6-22-7-5-12/h1-3,8-12,22,24H,4-7,21H2. The summed E-state index contributed by atoms with van der Waals surface area (Å²) in [5.41, 5.74) is 2.25. The maximum absolute atomic E-state index is 12.9. The van der Waals surface area contributed by atoms with Crippen molar-refractivity contribution in [2.45, 2.75) is 23.7 Å². The van der Waals surface area contributed by atoms with Gasteiger partial charge in [0.2, 0.25) is 5.78 Å². The molecule has 1 saturated heterocycles. The Kier molecular flexibility index (Phi) is 5.17. The maximum atomic E-state index is 12.9. The van der Waals surface area contributed by atoms with Crippen LogP contribution in [0, 0.1) is 0 Å². The number of allylic oxidation sites excluding steroid dienone is 2. The third-order valence-corrected chi connectivity index (χ3v) is 5.88. The molecule has 1 atom stereocenters. The largest absolute Gasteiger partial charge is 0.351 e. The van der Waals surface area contributed by atoms with Gasteiger partial charge in [0.15, 0.2) is 5.78 Å². The summed E-state index contributed by atoms with van der Waals surface area (Å²) in [5, 5.41) is 11.8. The van der Waals surface area contributed by atoms with Gasteiger partial charge in [-0.1, -0.05) is 12.1 Å². The van der Waals surface area contributed by atoms with Crippen molar-refractivity contribution in [2.75, 3.05) is 18.4 Å². The van der Waals surface area contributed by atoms with Crippen molar-refractivity contribution in [3.05, 3.63) is 65.1 Å². The second-order valence-electron chi connectivity index (χ2n) is 6.88. The van der Waals surface area contributed by atoms with Crippen LogP contribution in [0.4, 0.5) is 5.69 Å². The molecular weight excluding hydrogens is 376 g/mol. The lowest BCUT2D eigenvalue weighted by Crippen LogP contribution is -2.26. The normalized spacial score (nSPS) is 18.4. The number of hydrogen-bond donors (Lipinski definition) is 3. The summed E-state index contributed by atoms with van der Waals surface area (Å²) in [6.07, 6.45) is 6.79. The van der Waals surface area contributed by atoms with Crippen molar-refractivity contribution in [2.24, 2.45) is 5.14 Å². The molecule has 7 nitrogen and oxygen atoms in total. The summed E-state index contributed by atoms with van der Waals surface area (Å²) in [6, 6.07) is 6.60. The Labute approximate surface area is 165 Å². The number of aromatic nitrogens is 1. The second-order valence-corrected chi connectivity index (χ2v) is 7.92. The molecule has 1 aliphatic carbocycles. The van der Waals surface area contributed by atoms with Gasteiger partial charge in [-0.3, -0.25) is 14.6 Å². The Hall–Kier alpha value is -2.68. The highest BCUT2D eigenvalue weighted by Crippen LogP contribution is 2.29. The molecule has 4 rings (SSSR count). The highest BCUT2D eigenvalue weighted by Gasteiger charge is 2.29. The number of pyridine rings is 1. The van der Waals surface area contributed by atoms with Crippen LogP contribution in [0.15, 0.2) is 53.3 Å². The number of piperidine rings is 1. The summed E-state index contributed by atoms with van der Waals surface area (Å²) in [7, 11) is -1.85. The van der Waals surface area contributed by atoms with E-state index in [1.54, 1.807) is 18.3 Å². The molecule has 144 valence electrons. The number of nitrogens with zero attached hydrogens (tertiary/aromatic N) is 1. The summed E-state index contributed by atoms with van der Waals surface area (Å²) in [6.45, 7) is 1.95. The van der Waals surface area contributed by atoms with Crippen LogP contribution < -0.4 is 15.8 Å². The zero-order valence-electron chi connectivity index (χ0n) is 15.1. The van der Waals surface area contributed by atoms with E-state index in [1.807, 2.05) is 12.3 Å². The van der Waals surface area contributed by atoms with Crippen LogP contribution in [0.1, 0.15) is 45.0 Å². The number of nitrogens with two attached hydrogens (primary N) is 1. The lowest BCUT2D eigenvalue weighted by molar-refractivity contribution is 0.0983. The van der Waals surface area contributed by atoms with E-state index in [1.165, 1.54) is 12.1 Å². The minimum atomic E-state index is -1.85. The van der Waals surface area contributed by atoms with Crippen LogP contribution in [0.2, 0.25) is 0 Å². The van der Waals surface area contributed by atoms with Crippen molar-refractivity contribution >= 4 is 28.2 Å². The van der Waals surface area contributed by atoms with E-state index in [4.69, 9.17) is 5.14 Å². The van der Waals surface area contributed by atoms with E-state index in [9.17, 15) is 13.8 Å². The molecule has 2 aliphatic rings. The molecule has 2 heterocycles. The van der Waals surface area contributed by atoms with E-state index in [0.717, 1.165) is 31.5 Å². The third kappa shape index (κ3) is 3.54. The number of fused-ring (bicyclic) bond motifs is 1. The number of benzene rings is 1. The van der Waals surface area contributed by atoms with Gasteiger partial charge in [0.05, 0.1) is 28.0 Å². The predicted octanol–water partition coefficient (Wildman–Crippen LogP) is 1.90. The van der Waals surface area contributed by atoms with Crippen LogP contribution in [0.5, 0.6) is 0 Å². The van der Waals surface area contributed by atoms with Crippen molar-refractivity contribution in [3.63, 3.8) is 0 Å². The van der Waals surface area contributed by atoms with Crippen molar-refractivity contribution in [1.29, 1.82) is 0 Å². The van der Waals surface area contributed by atoms with Crippen LogP contribution in [-0.4, -0.2) is 33.8 Å². The molecule has 1 aromatic heterocycles. The fourth-order valence-electron chi connectivity index (χ4n) is 3.71. The number of ketones is 2. The zero-order valence-corrected chi connectivity index (χ0v) is 15.9. The number of rotatable bonds is 4. The minimum absolute atomic E-state index is 0.112. The van der Waals surface area contributed by atoms with Gasteiger partial charge in [-0.25, -0.2) is 9.35 Å². The summed E-state index contributed by atoms with van der Waals surface area (Å²) >= 11 is 0. The van der Waals surface area contributed by atoms with Gasteiger partial charge >= 0.3 is 0 Å². The molecule has 1 unspecified atom stereocenters.